The Morgan fingerprint density at radius 1 is 0.527 bits per heavy atom. The molecule has 0 fully saturated rings. The number of thiophene rings is 4. The Labute approximate surface area is 440 Å². The van der Waals surface area contributed by atoms with Gasteiger partial charge in [0.05, 0.1) is 18.8 Å². The average Bonchev–Trinajstić information content (AvgIpc) is 4.22. The zero-order valence-electron chi connectivity index (χ0n) is 39.1. The number of nitriles is 2. The predicted molar refractivity (Wildman–Crippen MR) is 293 cm³/mol. The largest absolute Gasteiger partial charge is 0.486 e. The maximum Gasteiger partial charge on any atom is 0.346 e. The molecule has 0 unspecified atom stereocenters. The fourth-order valence-corrected chi connectivity index (χ4v) is 11.5. The van der Waals surface area contributed by atoms with Gasteiger partial charge in [-0.3, -0.25) is 9.59 Å². The highest BCUT2D eigenvalue weighted by Crippen LogP contribution is 2.42. The fraction of sp³-hybridized carbons (Fsp3) is 0.0526. The van der Waals surface area contributed by atoms with Gasteiger partial charge in [0.1, 0.15) is 23.3 Å². The molecule has 4 N–H and O–H groups in total. The fourth-order valence-electron chi connectivity index (χ4n) is 7.68. The maximum absolute atomic E-state index is 11.7. The quantitative estimate of drug-likeness (QED) is 0.0383. The topological polar surface area (TPSA) is 209 Å². The van der Waals surface area contributed by atoms with Crippen LogP contribution in [-0.2, 0) is 19.2 Å². The summed E-state index contributed by atoms with van der Waals surface area (Å²) in [5, 5.41) is 58.7. The minimum Gasteiger partial charge on any atom is -0.486 e. The molecule has 74 heavy (non-hydrogen) atoms. The molecular formula is C57H37N5O8S4. The molecule has 0 saturated carbocycles. The lowest BCUT2D eigenvalue weighted by Crippen LogP contribution is -2.13. The van der Waals surface area contributed by atoms with Gasteiger partial charge in [-0.05, 0) is 157 Å². The molecule has 4 heterocycles. The standard InChI is InChI=1S/C57H37N5O8S4/c1-32-20-33(2)53(34(3)21-32)62(40-10-6-35(7-11-40)22-46(39-26-45(71-31-39)25-38(30-59)55(65)66)50-17-15-43(73-50)27-48(60-4)56(67)68)41-12-8-36(9-13-41)23-47(51-18-14-42(72-51)24-37(29-58)54(63)64)52-19-16-44(74-52)28-49(61-5)57(69)70/h6-28,31H,1-3H3,(H,63,64)(H,65,66)(H,67,68)(H,69,70). The van der Waals surface area contributed by atoms with Crippen molar-refractivity contribution in [2.24, 2.45) is 0 Å². The third-order valence-corrected chi connectivity index (χ3v) is 15.0. The van der Waals surface area contributed by atoms with Gasteiger partial charge < -0.3 is 25.3 Å². The normalized spacial score (nSPS) is 12.3. The predicted octanol–water partition coefficient (Wildman–Crippen LogP) is 14.2. The molecule has 17 heteroatoms. The SMILES string of the molecule is [C-]#[N+]C(=Cc1ccc(C(=Cc2ccc(N(c3ccc(C=C(c4ccc(C=C(C#N)C(=O)O)s4)c4ccc(C=C([N+]#[C-])C(=O)O)s4)cc3)c3c(C)cc(C)cc3C)cc2)c2csc(C=C(C#N)C(=O)O)c2)s1)C(=O)O. The highest BCUT2D eigenvalue weighted by atomic mass is 32.1. The van der Waals surface area contributed by atoms with Crippen LogP contribution in [0.15, 0.2) is 131 Å². The Hall–Kier alpha value is -9.46. The average molecular weight is 1050 g/mol. The minimum atomic E-state index is -1.35. The van der Waals surface area contributed by atoms with Crippen LogP contribution < -0.4 is 4.90 Å². The van der Waals surface area contributed by atoms with Gasteiger partial charge in [-0.1, -0.05) is 42.0 Å². The Kier molecular flexibility index (Phi) is 16.4. The molecule has 0 radical (unpaired) electrons. The lowest BCUT2D eigenvalue weighted by molar-refractivity contribution is -0.133. The van der Waals surface area contributed by atoms with E-state index in [1.54, 1.807) is 36.4 Å². The van der Waals surface area contributed by atoms with Crippen molar-refractivity contribution in [2.75, 3.05) is 4.90 Å². The van der Waals surface area contributed by atoms with Gasteiger partial charge >= 0.3 is 23.9 Å². The van der Waals surface area contributed by atoms with Crippen molar-refractivity contribution in [1.29, 1.82) is 10.5 Å². The molecule has 362 valence electrons. The summed E-state index contributed by atoms with van der Waals surface area (Å²) in [4.78, 5) is 59.5. The van der Waals surface area contributed by atoms with E-state index < -0.39 is 46.4 Å². The molecule has 3 aromatic carbocycles. The summed E-state index contributed by atoms with van der Waals surface area (Å²) in [7, 11) is 0. The Bertz CT molecular complexity index is 3370. The third kappa shape index (κ3) is 12.3. The van der Waals surface area contributed by atoms with Gasteiger partial charge in [-0.2, -0.15) is 10.5 Å². The van der Waals surface area contributed by atoms with Gasteiger partial charge in [0, 0.05) is 56.7 Å². The van der Waals surface area contributed by atoms with Crippen molar-refractivity contribution in [2.45, 2.75) is 20.8 Å². The number of anilines is 3. The molecule has 0 atom stereocenters. The van der Waals surface area contributed by atoms with Crippen LogP contribution in [0.3, 0.4) is 0 Å². The zero-order chi connectivity index (χ0) is 53.2. The molecule has 0 aliphatic rings. The van der Waals surface area contributed by atoms with Crippen LogP contribution in [0.25, 0.3) is 57.3 Å². The highest BCUT2D eigenvalue weighted by Gasteiger charge is 2.20. The first-order chi connectivity index (χ1) is 35.5. The molecule has 4 aromatic heterocycles. The molecule has 13 nitrogen and oxygen atoms in total. The lowest BCUT2D eigenvalue weighted by Gasteiger charge is -2.29. The summed E-state index contributed by atoms with van der Waals surface area (Å²) in [6.07, 6.45) is 9.15. The molecule has 0 spiro atoms. The number of nitrogens with zero attached hydrogens (tertiary/aromatic N) is 5. The van der Waals surface area contributed by atoms with Crippen LogP contribution in [0.4, 0.5) is 17.1 Å². The van der Waals surface area contributed by atoms with Crippen molar-refractivity contribution in [3.05, 3.63) is 221 Å². The van der Waals surface area contributed by atoms with Crippen LogP contribution in [0.1, 0.15) is 67.5 Å². The van der Waals surface area contributed by atoms with E-state index in [0.717, 1.165) is 76.2 Å². The van der Waals surface area contributed by atoms with Crippen LogP contribution in [-0.4, -0.2) is 44.3 Å². The number of carboxylic acids is 4. The van der Waals surface area contributed by atoms with E-state index in [4.69, 9.17) is 13.1 Å². The van der Waals surface area contributed by atoms with E-state index in [1.807, 2.05) is 91.2 Å². The molecule has 7 rings (SSSR count). The summed E-state index contributed by atoms with van der Waals surface area (Å²) in [5.74, 6) is -5.38. The maximum atomic E-state index is 11.7. The number of carboxylic acid groups (broad SMARTS) is 4. The second kappa shape index (κ2) is 23.2. The number of hydrogen-bond acceptors (Lipinski definition) is 11. The molecule has 0 bridgehead atoms. The van der Waals surface area contributed by atoms with Crippen molar-refractivity contribution in [1.82, 2.24) is 0 Å². The van der Waals surface area contributed by atoms with E-state index in [0.29, 0.717) is 19.5 Å². The number of rotatable bonds is 17. The smallest absolute Gasteiger partial charge is 0.346 e. The first kappa shape index (κ1) is 52.4. The highest BCUT2D eigenvalue weighted by molar-refractivity contribution is 7.17. The lowest BCUT2D eigenvalue weighted by atomic mass is 10.0. The Morgan fingerprint density at radius 2 is 0.932 bits per heavy atom. The summed E-state index contributed by atoms with van der Waals surface area (Å²) < 4.78 is 0. The zero-order valence-corrected chi connectivity index (χ0v) is 42.4. The molecular weight excluding hydrogens is 1010 g/mol. The monoisotopic (exact) mass is 1050 g/mol. The van der Waals surface area contributed by atoms with E-state index in [1.165, 1.54) is 69.7 Å². The number of aliphatic carboxylic acids is 4. The summed E-state index contributed by atoms with van der Waals surface area (Å²) >= 11 is 5.11. The summed E-state index contributed by atoms with van der Waals surface area (Å²) in [5.41, 5.74) is 7.93. The van der Waals surface area contributed by atoms with Crippen LogP contribution in [0, 0.1) is 56.6 Å². The molecule has 0 saturated heterocycles. The molecule has 7 aromatic rings. The van der Waals surface area contributed by atoms with Gasteiger partial charge in [-0.15, -0.1) is 45.3 Å². The number of aryl methyl sites for hydroxylation is 3. The Morgan fingerprint density at radius 3 is 1.34 bits per heavy atom. The van der Waals surface area contributed by atoms with E-state index >= 15 is 0 Å². The van der Waals surface area contributed by atoms with E-state index in [2.05, 4.69) is 40.6 Å². The van der Waals surface area contributed by atoms with E-state index in [-0.39, 0.29) is 0 Å². The molecule has 0 amide bonds. The molecule has 0 aliphatic heterocycles. The summed E-state index contributed by atoms with van der Waals surface area (Å²) in [6.45, 7) is 20.8. The van der Waals surface area contributed by atoms with Crippen molar-refractivity contribution in [3.63, 3.8) is 0 Å². The summed E-state index contributed by atoms with van der Waals surface area (Å²) in [6, 6.07) is 35.9. The van der Waals surface area contributed by atoms with Gasteiger partial charge in [0.15, 0.2) is 0 Å². The van der Waals surface area contributed by atoms with Crippen molar-refractivity contribution in [3.8, 4) is 12.1 Å². The van der Waals surface area contributed by atoms with Crippen LogP contribution in [0.2, 0.25) is 0 Å². The molecule has 0 aliphatic carbocycles. The third-order valence-electron chi connectivity index (χ3n) is 10.9. The number of hydrogen-bond donors (Lipinski definition) is 4. The Balaban J connectivity index is 1.31. The number of carbonyl (C=O) groups is 4. The van der Waals surface area contributed by atoms with E-state index in [9.17, 15) is 50.1 Å². The van der Waals surface area contributed by atoms with Gasteiger partial charge in [0.25, 0.3) is 11.4 Å². The van der Waals surface area contributed by atoms with Gasteiger partial charge in [0.2, 0.25) is 0 Å². The minimum absolute atomic E-state index is 0.418. The second-order valence-corrected chi connectivity index (χ2v) is 20.4. The van der Waals surface area contributed by atoms with Gasteiger partial charge in [-0.25, -0.2) is 19.3 Å². The number of benzene rings is 3. The van der Waals surface area contributed by atoms with Crippen LogP contribution >= 0.6 is 45.3 Å². The second-order valence-electron chi connectivity index (χ2n) is 16.1. The van der Waals surface area contributed by atoms with Crippen molar-refractivity contribution >= 4 is 134 Å². The van der Waals surface area contributed by atoms with Crippen LogP contribution in [0.5, 0.6) is 0 Å². The first-order valence-electron chi connectivity index (χ1n) is 21.7. The first-order valence-corrected chi connectivity index (χ1v) is 25.1. The van der Waals surface area contributed by atoms with Crippen molar-refractivity contribution < 1.29 is 39.6 Å².